The van der Waals surface area contributed by atoms with E-state index < -0.39 is 0 Å². The van der Waals surface area contributed by atoms with Crippen molar-refractivity contribution in [2.45, 2.75) is 0 Å². The van der Waals surface area contributed by atoms with Crippen LogP contribution in [0.25, 0.3) is 11.3 Å². The van der Waals surface area contributed by atoms with Crippen molar-refractivity contribution in [3.63, 3.8) is 0 Å². The summed E-state index contributed by atoms with van der Waals surface area (Å²) < 4.78 is 0. The number of benzene rings is 1. The second kappa shape index (κ2) is 4.70. The lowest BCUT2D eigenvalue weighted by molar-refractivity contribution is 0.477. The number of nitrogens with zero attached hydrogens (tertiary/aromatic N) is 3. The van der Waals surface area contributed by atoms with E-state index in [0.717, 1.165) is 0 Å². The Hall–Kier alpha value is -3.01. The minimum atomic E-state index is -0.0585. The summed E-state index contributed by atoms with van der Waals surface area (Å²) in [5.74, 6) is -0.104. The lowest BCUT2D eigenvalue weighted by atomic mass is 10.0. The number of aromatic hydroxyl groups is 1. The van der Waals surface area contributed by atoms with Crippen LogP contribution in [0, 0.1) is 11.3 Å². The molecule has 2 rings (SSSR count). The quantitative estimate of drug-likeness (QED) is 0.627. The van der Waals surface area contributed by atoms with Crippen molar-refractivity contribution in [3.8, 4) is 23.1 Å². The Morgan fingerprint density at radius 3 is 2.68 bits per heavy atom. The third-order valence-electron chi connectivity index (χ3n) is 2.61. The summed E-state index contributed by atoms with van der Waals surface area (Å²) >= 11 is 0. The highest BCUT2D eigenvalue weighted by Gasteiger charge is 2.18. The molecule has 2 aromatic rings. The van der Waals surface area contributed by atoms with E-state index in [1.54, 1.807) is 19.2 Å². The first-order valence-electron chi connectivity index (χ1n) is 5.41. The van der Waals surface area contributed by atoms with Gasteiger partial charge in [-0.2, -0.15) is 10.2 Å². The Morgan fingerprint density at radius 1 is 1.32 bits per heavy atom. The van der Waals surface area contributed by atoms with Crippen LogP contribution in [0.5, 0.6) is 5.75 Å². The maximum absolute atomic E-state index is 9.99. The van der Waals surface area contributed by atoms with Crippen LogP contribution in [-0.4, -0.2) is 22.1 Å². The maximum Gasteiger partial charge on any atom is 0.222 e. The minimum Gasteiger partial charge on any atom is -0.507 e. The predicted octanol–water partition coefficient (Wildman–Crippen LogP) is 0.927. The third-order valence-corrected chi connectivity index (χ3v) is 2.61. The van der Waals surface area contributed by atoms with Gasteiger partial charge in [-0.25, -0.2) is 4.98 Å². The van der Waals surface area contributed by atoms with Crippen LogP contribution >= 0.6 is 0 Å². The topological polar surface area (TPSA) is 134 Å². The Labute approximate surface area is 109 Å². The third kappa shape index (κ3) is 2.07. The molecule has 0 aliphatic heterocycles. The number of phenols is 1. The molecule has 1 heterocycles. The van der Waals surface area contributed by atoms with E-state index in [1.165, 1.54) is 6.07 Å². The molecule has 0 atom stereocenters. The zero-order chi connectivity index (χ0) is 14.0. The highest BCUT2D eigenvalue weighted by atomic mass is 16.3. The fourth-order valence-electron chi connectivity index (χ4n) is 1.78. The van der Waals surface area contributed by atoms with Crippen molar-refractivity contribution in [2.75, 3.05) is 23.8 Å². The minimum absolute atomic E-state index is 0.0182. The number of rotatable bonds is 2. The number of hydrogen-bond donors (Lipinski definition) is 4. The van der Waals surface area contributed by atoms with Crippen LogP contribution < -0.4 is 16.8 Å². The Kier molecular flexibility index (Phi) is 3.08. The van der Waals surface area contributed by atoms with Crippen molar-refractivity contribution in [3.05, 3.63) is 23.8 Å². The number of nitrogens with one attached hydrogen (secondary N) is 1. The molecule has 7 heteroatoms. The summed E-state index contributed by atoms with van der Waals surface area (Å²) in [6.45, 7) is 0. The van der Waals surface area contributed by atoms with Crippen LogP contribution in [0.4, 0.5) is 17.5 Å². The first-order valence-corrected chi connectivity index (χ1v) is 5.41. The zero-order valence-corrected chi connectivity index (χ0v) is 10.2. The van der Waals surface area contributed by atoms with Crippen LogP contribution in [0.3, 0.4) is 0 Å². The Bertz CT molecular complexity index is 677. The van der Waals surface area contributed by atoms with Gasteiger partial charge in [0.25, 0.3) is 0 Å². The number of nitrogen functional groups attached to an aromatic ring is 2. The SMILES string of the molecule is CNc1cccc(O)c1-c1nc(N)nc(N)c1C#N. The molecule has 0 bridgehead atoms. The molecule has 0 aliphatic rings. The largest absolute Gasteiger partial charge is 0.507 e. The first-order chi connectivity index (χ1) is 9.08. The van der Waals surface area contributed by atoms with Gasteiger partial charge in [-0.05, 0) is 12.1 Å². The van der Waals surface area contributed by atoms with Gasteiger partial charge in [0, 0.05) is 12.7 Å². The van der Waals surface area contributed by atoms with E-state index in [9.17, 15) is 5.11 Å². The number of nitriles is 1. The summed E-state index contributed by atoms with van der Waals surface area (Å²) in [4.78, 5) is 7.74. The van der Waals surface area contributed by atoms with Gasteiger partial charge in [0.1, 0.15) is 28.9 Å². The van der Waals surface area contributed by atoms with E-state index in [0.29, 0.717) is 11.3 Å². The second-order valence-electron chi connectivity index (χ2n) is 3.75. The fourth-order valence-corrected chi connectivity index (χ4v) is 1.78. The van der Waals surface area contributed by atoms with Crippen molar-refractivity contribution >= 4 is 17.5 Å². The highest BCUT2D eigenvalue weighted by molar-refractivity contribution is 5.86. The summed E-state index contributed by atoms with van der Waals surface area (Å²) in [6, 6.07) is 6.83. The van der Waals surface area contributed by atoms with Crippen molar-refractivity contribution in [1.82, 2.24) is 9.97 Å². The van der Waals surface area contributed by atoms with E-state index in [1.807, 2.05) is 6.07 Å². The summed E-state index contributed by atoms with van der Waals surface area (Å²) in [5, 5.41) is 22.1. The van der Waals surface area contributed by atoms with Crippen molar-refractivity contribution in [1.29, 1.82) is 5.26 Å². The maximum atomic E-state index is 9.99. The fraction of sp³-hybridized carbons (Fsp3) is 0.0833. The van der Waals surface area contributed by atoms with E-state index in [-0.39, 0.29) is 28.8 Å². The van der Waals surface area contributed by atoms with Gasteiger partial charge in [0.2, 0.25) is 5.95 Å². The molecule has 1 aromatic carbocycles. The van der Waals surface area contributed by atoms with E-state index in [2.05, 4.69) is 15.3 Å². The normalized spacial score (nSPS) is 9.89. The number of anilines is 3. The second-order valence-corrected chi connectivity index (χ2v) is 3.75. The number of aromatic nitrogens is 2. The lowest BCUT2D eigenvalue weighted by Gasteiger charge is -2.12. The molecule has 19 heavy (non-hydrogen) atoms. The van der Waals surface area contributed by atoms with Crippen LogP contribution in [-0.2, 0) is 0 Å². The molecule has 0 saturated heterocycles. The molecule has 0 radical (unpaired) electrons. The van der Waals surface area contributed by atoms with Crippen LogP contribution in [0.2, 0.25) is 0 Å². The van der Waals surface area contributed by atoms with Gasteiger partial charge in [-0.3, -0.25) is 0 Å². The molecule has 7 nitrogen and oxygen atoms in total. The van der Waals surface area contributed by atoms with Crippen LogP contribution in [0.15, 0.2) is 18.2 Å². The smallest absolute Gasteiger partial charge is 0.222 e. The zero-order valence-electron chi connectivity index (χ0n) is 10.2. The Morgan fingerprint density at radius 2 is 2.05 bits per heavy atom. The molecule has 0 spiro atoms. The average Bonchev–Trinajstić information content (AvgIpc) is 2.37. The van der Waals surface area contributed by atoms with Crippen molar-refractivity contribution < 1.29 is 5.11 Å². The molecule has 0 saturated carbocycles. The number of phenolic OH excluding ortho intramolecular Hbond substituents is 1. The summed E-state index contributed by atoms with van der Waals surface area (Å²) in [6.07, 6.45) is 0. The number of hydrogen-bond acceptors (Lipinski definition) is 7. The molecule has 0 amide bonds. The van der Waals surface area contributed by atoms with Gasteiger partial charge in [-0.15, -0.1) is 0 Å². The molecule has 0 unspecified atom stereocenters. The van der Waals surface area contributed by atoms with Crippen molar-refractivity contribution in [2.24, 2.45) is 0 Å². The molecule has 0 aliphatic carbocycles. The molecular formula is C12H12N6O. The van der Waals surface area contributed by atoms with Gasteiger partial charge in [0.05, 0.1) is 5.56 Å². The first kappa shape index (κ1) is 12.4. The molecule has 6 N–H and O–H groups in total. The lowest BCUT2D eigenvalue weighted by Crippen LogP contribution is -2.06. The van der Waals surface area contributed by atoms with Gasteiger partial charge < -0.3 is 21.9 Å². The standard InChI is InChI=1S/C12H12N6O/c1-16-7-3-2-4-8(19)9(7)10-6(5-13)11(14)18-12(15)17-10/h2-4,16,19H,1H3,(H4,14,15,17,18). The average molecular weight is 256 g/mol. The monoisotopic (exact) mass is 256 g/mol. The van der Waals surface area contributed by atoms with Crippen LogP contribution in [0.1, 0.15) is 5.56 Å². The Balaban J connectivity index is 2.83. The molecular weight excluding hydrogens is 244 g/mol. The van der Waals surface area contributed by atoms with Gasteiger partial charge in [-0.1, -0.05) is 6.07 Å². The molecule has 0 fully saturated rings. The molecule has 96 valence electrons. The van der Waals surface area contributed by atoms with Gasteiger partial charge >= 0.3 is 0 Å². The number of nitrogens with two attached hydrogens (primary N) is 2. The van der Waals surface area contributed by atoms with Gasteiger partial charge in [0.15, 0.2) is 0 Å². The summed E-state index contributed by atoms with van der Waals surface area (Å²) in [5.41, 5.74) is 12.5. The summed E-state index contributed by atoms with van der Waals surface area (Å²) in [7, 11) is 1.69. The highest BCUT2D eigenvalue weighted by Crippen LogP contribution is 2.37. The predicted molar refractivity (Wildman–Crippen MR) is 72.2 cm³/mol. The van der Waals surface area contributed by atoms with E-state index in [4.69, 9.17) is 16.7 Å². The van der Waals surface area contributed by atoms with E-state index >= 15 is 0 Å². The molecule has 1 aromatic heterocycles.